The summed E-state index contributed by atoms with van der Waals surface area (Å²) in [6.45, 7) is 0.342. The molecule has 2 aromatic heterocycles. The second-order valence-corrected chi connectivity index (χ2v) is 14.4. The predicted octanol–water partition coefficient (Wildman–Crippen LogP) is 0.277. The van der Waals surface area contributed by atoms with Crippen LogP contribution in [-0.2, 0) is 41.7 Å². The second kappa shape index (κ2) is 16.4. The van der Waals surface area contributed by atoms with Crippen molar-refractivity contribution in [3.05, 3.63) is 74.8 Å². The van der Waals surface area contributed by atoms with E-state index in [1.54, 1.807) is 6.92 Å². The number of carboxylic acids is 3. The maximum absolute atomic E-state index is 14.3. The quantitative estimate of drug-likeness (QED) is 0.0345. The summed E-state index contributed by atoms with van der Waals surface area (Å²) < 4.78 is 17.5. The molecular formula is C34H31N7O15S2. The lowest BCUT2D eigenvalue weighted by Gasteiger charge is -2.56. The van der Waals surface area contributed by atoms with Gasteiger partial charge in [-0.15, -0.1) is 16.9 Å². The van der Waals surface area contributed by atoms with Crippen LogP contribution in [0.4, 0.5) is 0 Å². The van der Waals surface area contributed by atoms with Gasteiger partial charge < -0.3 is 50.1 Å². The molecule has 2 aliphatic heterocycles. The number of ether oxygens (including phenoxy) is 2. The molecule has 1 saturated heterocycles. The Morgan fingerprint density at radius 2 is 1.78 bits per heavy atom. The molecule has 7 N–H and O–H groups in total. The van der Waals surface area contributed by atoms with Crippen molar-refractivity contribution in [2.75, 3.05) is 25.2 Å². The van der Waals surface area contributed by atoms with Crippen LogP contribution in [0.15, 0.2) is 62.0 Å². The summed E-state index contributed by atoms with van der Waals surface area (Å²) in [5, 5.41) is 62.8. The minimum absolute atomic E-state index is 0.00261. The van der Waals surface area contributed by atoms with Gasteiger partial charge in [0.1, 0.15) is 46.3 Å². The average Bonchev–Trinajstić information content (AvgIpc) is 3.63. The SMILES string of the molecule is CCc1oc2cc(O)c(O)cc2c(=O)c1C(=O)NC(C(=O)N[C@]1(OC)C(=O)N2C(C(=O)O)=C(CSc3nnnn3CC(=O)O)CS[C@H]21)c1ccc(OCC(=O)O)cc1. The lowest BCUT2D eigenvalue weighted by Crippen LogP contribution is -2.81. The summed E-state index contributed by atoms with van der Waals surface area (Å²) in [4.78, 5) is 91.6. The van der Waals surface area contributed by atoms with E-state index in [1.165, 1.54) is 24.3 Å². The van der Waals surface area contributed by atoms with Crippen LogP contribution in [0.1, 0.15) is 34.6 Å². The Hall–Kier alpha value is -6.66. The number of rotatable bonds is 16. The van der Waals surface area contributed by atoms with E-state index in [4.69, 9.17) is 24.1 Å². The van der Waals surface area contributed by atoms with E-state index in [2.05, 4.69) is 26.2 Å². The zero-order chi connectivity index (χ0) is 42.1. The summed E-state index contributed by atoms with van der Waals surface area (Å²) >= 11 is 1.99. The summed E-state index contributed by atoms with van der Waals surface area (Å²) in [7, 11) is 1.11. The second-order valence-electron chi connectivity index (χ2n) is 12.4. The van der Waals surface area contributed by atoms with Gasteiger partial charge in [0.15, 0.2) is 18.1 Å². The first-order valence-corrected chi connectivity index (χ1v) is 18.8. The molecular weight excluding hydrogens is 811 g/mol. The number of amides is 3. The molecule has 6 rings (SSSR count). The van der Waals surface area contributed by atoms with E-state index in [0.717, 1.165) is 52.3 Å². The number of carboxylic acid groups (broad SMARTS) is 3. The first kappa shape index (κ1) is 41.0. The molecule has 1 unspecified atom stereocenters. The first-order chi connectivity index (χ1) is 27.6. The van der Waals surface area contributed by atoms with Crippen molar-refractivity contribution in [3.63, 3.8) is 0 Å². The van der Waals surface area contributed by atoms with Gasteiger partial charge in [-0.2, -0.15) is 0 Å². The van der Waals surface area contributed by atoms with Crippen LogP contribution in [0, 0.1) is 0 Å². The van der Waals surface area contributed by atoms with Crippen molar-refractivity contribution in [3.8, 4) is 17.2 Å². The van der Waals surface area contributed by atoms with Gasteiger partial charge in [-0.1, -0.05) is 30.8 Å². The fourth-order valence-corrected chi connectivity index (χ4v) is 8.59. The highest BCUT2D eigenvalue weighted by Gasteiger charge is 2.67. The summed E-state index contributed by atoms with van der Waals surface area (Å²) in [6, 6.07) is 5.47. The van der Waals surface area contributed by atoms with E-state index in [-0.39, 0.29) is 56.7 Å². The number of fused-ring (bicyclic) bond motifs is 2. The number of thioether (sulfide) groups is 2. The summed E-state index contributed by atoms with van der Waals surface area (Å²) in [6.07, 6.45) is -0.00261. The van der Waals surface area contributed by atoms with E-state index >= 15 is 0 Å². The number of phenolic OH excluding ortho intramolecular Hbond substituents is 2. The fourth-order valence-electron chi connectivity index (χ4n) is 6.14. The van der Waals surface area contributed by atoms with Gasteiger partial charge in [0, 0.05) is 31.1 Å². The molecule has 0 spiro atoms. The molecule has 0 radical (unpaired) electrons. The third kappa shape index (κ3) is 7.70. The lowest BCUT2D eigenvalue weighted by molar-refractivity contribution is -0.192. The Bertz CT molecular complexity index is 2450. The van der Waals surface area contributed by atoms with Crippen molar-refractivity contribution in [1.29, 1.82) is 0 Å². The highest BCUT2D eigenvalue weighted by Crippen LogP contribution is 2.47. The van der Waals surface area contributed by atoms with Crippen LogP contribution in [0.3, 0.4) is 0 Å². The number of hydrogen-bond donors (Lipinski definition) is 7. The maximum atomic E-state index is 14.3. The summed E-state index contributed by atoms with van der Waals surface area (Å²) in [5.41, 5.74) is -3.83. The van der Waals surface area contributed by atoms with Gasteiger partial charge in [-0.25, -0.2) is 14.3 Å². The van der Waals surface area contributed by atoms with Gasteiger partial charge in [0.2, 0.25) is 16.5 Å². The van der Waals surface area contributed by atoms with Crippen LogP contribution >= 0.6 is 23.5 Å². The number of nitrogens with zero attached hydrogens (tertiary/aromatic N) is 5. The number of aliphatic carboxylic acids is 3. The zero-order valence-corrected chi connectivity index (χ0v) is 31.7. The molecule has 1 fully saturated rings. The Kier molecular flexibility index (Phi) is 11.6. The maximum Gasteiger partial charge on any atom is 0.352 e. The molecule has 0 saturated carbocycles. The number of nitrogens with one attached hydrogen (secondary N) is 2. The molecule has 0 bridgehead atoms. The molecule has 24 heteroatoms. The predicted molar refractivity (Wildman–Crippen MR) is 197 cm³/mol. The fraction of sp³-hybridized carbons (Fsp3) is 0.294. The highest BCUT2D eigenvalue weighted by molar-refractivity contribution is 8.01. The van der Waals surface area contributed by atoms with Crippen LogP contribution in [0.5, 0.6) is 17.2 Å². The van der Waals surface area contributed by atoms with Crippen molar-refractivity contribution in [2.45, 2.75) is 42.2 Å². The average molecular weight is 842 g/mol. The number of phenols is 2. The number of aromatic hydroxyl groups is 2. The third-order valence-electron chi connectivity index (χ3n) is 8.83. The molecule has 22 nitrogen and oxygen atoms in total. The Balaban J connectivity index is 1.31. The number of hydrogen-bond acceptors (Lipinski definition) is 17. The van der Waals surface area contributed by atoms with Crippen LogP contribution < -0.4 is 20.8 Å². The Morgan fingerprint density at radius 3 is 2.41 bits per heavy atom. The number of β-lactam (4-membered cyclic amide) rings is 1. The Labute approximate surface area is 332 Å². The van der Waals surface area contributed by atoms with Gasteiger partial charge in [0.05, 0.1) is 5.39 Å². The number of aryl methyl sites for hydroxylation is 1. The molecule has 58 heavy (non-hydrogen) atoms. The third-order valence-corrected chi connectivity index (χ3v) is 11.2. The van der Waals surface area contributed by atoms with E-state index < -0.39 is 94.1 Å². The number of carbonyl (C=O) groups is 6. The molecule has 2 aromatic carbocycles. The Morgan fingerprint density at radius 1 is 1.07 bits per heavy atom. The number of methoxy groups -OCH3 is 1. The van der Waals surface area contributed by atoms with Crippen LogP contribution in [0.2, 0.25) is 0 Å². The minimum Gasteiger partial charge on any atom is -0.504 e. The van der Waals surface area contributed by atoms with Gasteiger partial charge in [-0.05, 0) is 39.8 Å². The smallest absolute Gasteiger partial charge is 0.352 e. The van der Waals surface area contributed by atoms with Crippen LogP contribution in [-0.4, -0.2) is 123 Å². The molecule has 4 aromatic rings. The molecule has 0 aliphatic carbocycles. The molecule has 4 heterocycles. The van der Waals surface area contributed by atoms with Gasteiger partial charge >= 0.3 is 17.9 Å². The van der Waals surface area contributed by atoms with E-state index in [9.17, 15) is 48.9 Å². The number of benzene rings is 2. The molecule has 2 aliphatic rings. The monoisotopic (exact) mass is 841 g/mol. The van der Waals surface area contributed by atoms with E-state index in [0.29, 0.717) is 0 Å². The molecule has 3 amide bonds. The van der Waals surface area contributed by atoms with E-state index in [1.807, 2.05) is 0 Å². The topological polar surface area (TPSA) is 323 Å². The number of tetrazole rings is 1. The van der Waals surface area contributed by atoms with Crippen molar-refractivity contribution in [1.82, 2.24) is 35.7 Å². The lowest BCUT2D eigenvalue weighted by atomic mass is 9.96. The highest BCUT2D eigenvalue weighted by atomic mass is 32.2. The molecule has 304 valence electrons. The van der Waals surface area contributed by atoms with Crippen molar-refractivity contribution < 1.29 is 68.2 Å². The number of aromatic nitrogens is 4. The van der Waals surface area contributed by atoms with Gasteiger partial charge in [0.25, 0.3) is 17.5 Å². The van der Waals surface area contributed by atoms with Gasteiger partial charge in [-0.3, -0.25) is 28.9 Å². The standard InChI is InChI=1S/C34H31N7O15S2/c1-3-20-24(27(48)17-8-18(42)19(43)9-21(17)56-20)28(49)35-25(14-4-6-16(7-5-14)55-11-23(46)47)29(50)36-34(54-2)31(53)41-26(30(51)52)15(12-57-32(34)41)13-58-33-37-38-39-40(33)10-22(44)45/h4-9,25,32,42-43H,3,10-13H2,1-2H3,(H,35,49)(H,36,50)(H,44,45)(H,46,47)(H,51,52)/t25?,32-,34-/m0/s1. The normalized spacial score (nSPS) is 17.9. The summed E-state index contributed by atoms with van der Waals surface area (Å²) in [5.74, 6) is -8.43. The first-order valence-electron chi connectivity index (χ1n) is 16.8. The number of carbonyl (C=O) groups excluding carboxylic acids is 3. The largest absolute Gasteiger partial charge is 0.504 e. The van der Waals surface area contributed by atoms with Crippen molar-refractivity contribution in [2.24, 2.45) is 0 Å². The molecule has 3 atom stereocenters. The minimum atomic E-state index is -2.17. The van der Waals surface area contributed by atoms with Crippen LogP contribution in [0.25, 0.3) is 11.0 Å². The van der Waals surface area contributed by atoms with Crippen molar-refractivity contribution >= 4 is 70.1 Å². The zero-order valence-electron chi connectivity index (χ0n) is 30.0.